The minimum absolute atomic E-state index is 0.159. The number of benzene rings is 1. The third-order valence-corrected chi connectivity index (χ3v) is 4.48. The van der Waals surface area contributed by atoms with Crippen molar-refractivity contribution in [2.24, 2.45) is 0 Å². The van der Waals surface area contributed by atoms with Crippen LogP contribution in [0.4, 0.5) is 10.1 Å². The van der Waals surface area contributed by atoms with Crippen LogP contribution in [0, 0.1) is 12.7 Å². The molecule has 1 atom stereocenters. The number of β-amino-alcohol motifs (C(OH)–C–C–N with tert-alkyl or cyclic N) is 1. The van der Waals surface area contributed by atoms with Gasteiger partial charge in [-0.05, 0) is 37.0 Å². The summed E-state index contributed by atoms with van der Waals surface area (Å²) in [5.74, 6) is -0.159. The zero-order valence-corrected chi connectivity index (χ0v) is 13.2. The second kappa shape index (κ2) is 6.94. The summed E-state index contributed by atoms with van der Waals surface area (Å²) < 4.78 is 19.7. The highest BCUT2D eigenvalue weighted by Crippen LogP contribution is 2.31. The number of rotatable bonds is 4. The molecule has 4 nitrogen and oxygen atoms in total. The molecule has 5 heteroatoms. The summed E-state index contributed by atoms with van der Waals surface area (Å²) in [6.45, 7) is 7.04. The van der Waals surface area contributed by atoms with Gasteiger partial charge in [-0.3, -0.25) is 4.90 Å². The van der Waals surface area contributed by atoms with E-state index in [1.807, 2.05) is 11.8 Å². The molecule has 1 fully saturated rings. The van der Waals surface area contributed by atoms with Gasteiger partial charge in [0.2, 0.25) is 0 Å². The molecule has 0 spiro atoms. The summed E-state index contributed by atoms with van der Waals surface area (Å²) in [6, 6.07) is 3.66. The van der Waals surface area contributed by atoms with Crippen LogP contribution < -0.4 is 4.90 Å². The molecule has 1 aromatic carbocycles. The lowest BCUT2D eigenvalue weighted by Gasteiger charge is -2.35. The standard InChI is InChI=1S/C17H25FN2O2/c1-13-9-14-3-2-4-20(17(14)16(18)10-13)12-15(21)11-19-5-7-22-8-6-19/h9-10,15,21H,2-8,11-12H2,1H3. The Morgan fingerprint density at radius 1 is 1.23 bits per heavy atom. The number of aryl methyl sites for hydroxylation is 2. The summed E-state index contributed by atoms with van der Waals surface area (Å²) in [4.78, 5) is 4.23. The largest absolute Gasteiger partial charge is 0.390 e. The lowest BCUT2D eigenvalue weighted by molar-refractivity contribution is 0.0160. The van der Waals surface area contributed by atoms with Crippen LogP contribution >= 0.6 is 0 Å². The molecule has 2 aliphatic rings. The Kier molecular flexibility index (Phi) is 4.96. The fourth-order valence-electron chi connectivity index (χ4n) is 3.50. The van der Waals surface area contributed by atoms with Crippen molar-refractivity contribution in [3.05, 3.63) is 29.1 Å². The summed E-state index contributed by atoms with van der Waals surface area (Å²) in [5, 5.41) is 10.4. The molecular weight excluding hydrogens is 283 g/mol. The van der Waals surface area contributed by atoms with Gasteiger partial charge in [0.15, 0.2) is 0 Å². The van der Waals surface area contributed by atoms with E-state index in [-0.39, 0.29) is 5.82 Å². The molecular formula is C17H25FN2O2. The van der Waals surface area contributed by atoms with Gasteiger partial charge in [0.1, 0.15) is 5.82 Å². The molecule has 2 aliphatic heterocycles. The van der Waals surface area contributed by atoms with Crippen LogP contribution in [0.15, 0.2) is 12.1 Å². The van der Waals surface area contributed by atoms with Crippen molar-refractivity contribution < 1.29 is 14.2 Å². The normalized spacial score (nSPS) is 20.8. The van der Waals surface area contributed by atoms with E-state index >= 15 is 0 Å². The summed E-state index contributed by atoms with van der Waals surface area (Å²) in [7, 11) is 0. The van der Waals surface area contributed by atoms with Crippen molar-refractivity contribution in [3.8, 4) is 0 Å². The predicted octanol–water partition coefficient (Wildman–Crippen LogP) is 1.58. The molecule has 1 N–H and O–H groups in total. The van der Waals surface area contributed by atoms with Gasteiger partial charge in [0.05, 0.1) is 25.0 Å². The summed E-state index contributed by atoms with van der Waals surface area (Å²) >= 11 is 0. The van der Waals surface area contributed by atoms with Gasteiger partial charge in [-0.25, -0.2) is 4.39 Å². The fourth-order valence-corrected chi connectivity index (χ4v) is 3.50. The van der Waals surface area contributed by atoms with Crippen molar-refractivity contribution in [3.63, 3.8) is 0 Å². The first kappa shape index (κ1) is 15.7. The average Bonchev–Trinajstić information content (AvgIpc) is 2.47. The second-order valence-corrected chi connectivity index (χ2v) is 6.37. The van der Waals surface area contributed by atoms with E-state index in [0.717, 1.165) is 56.8 Å². The molecule has 122 valence electrons. The molecule has 22 heavy (non-hydrogen) atoms. The Labute approximate surface area is 131 Å². The van der Waals surface area contributed by atoms with E-state index in [2.05, 4.69) is 11.0 Å². The lowest BCUT2D eigenvalue weighted by Crippen LogP contribution is -2.45. The van der Waals surface area contributed by atoms with Crippen LogP contribution in [0.5, 0.6) is 0 Å². The van der Waals surface area contributed by atoms with Gasteiger partial charge in [-0.1, -0.05) is 6.07 Å². The number of fused-ring (bicyclic) bond motifs is 1. The zero-order chi connectivity index (χ0) is 15.5. The van der Waals surface area contributed by atoms with E-state index in [4.69, 9.17) is 4.74 Å². The molecule has 0 saturated carbocycles. The Morgan fingerprint density at radius 3 is 2.77 bits per heavy atom. The van der Waals surface area contributed by atoms with E-state index in [1.54, 1.807) is 6.07 Å². The maximum absolute atomic E-state index is 14.3. The Morgan fingerprint density at radius 2 is 2.00 bits per heavy atom. The SMILES string of the molecule is Cc1cc(F)c2c(c1)CCCN2CC(O)CN1CCOCC1. The van der Waals surface area contributed by atoms with Crippen LogP contribution in [0.2, 0.25) is 0 Å². The first-order valence-corrected chi connectivity index (χ1v) is 8.15. The monoisotopic (exact) mass is 308 g/mol. The van der Waals surface area contributed by atoms with Gasteiger partial charge in [-0.15, -0.1) is 0 Å². The first-order valence-electron chi connectivity index (χ1n) is 8.15. The highest BCUT2D eigenvalue weighted by Gasteiger charge is 2.24. The van der Waals surface area contributed by atoms with Crippen LogP contribution in [0.25, 0.3) is 0 Å². The molecule has 1 unspecified atom stereocenters. The number of morpholine rings is 1. The first-order chi connectivity index (χ1) is 10.6. The number of hydrogen-bond donors (Lipinski definition) is 1. The predicted molar refractivity (Wildman–Crippen MR) is 84.9 cm³/mol. The van der Waals surface area contributed by atoms with Crippen LogP contribution in [0.1, 0.15) is 17.5 Å². The third-order valence-electron chi connectivity index (χ3n) is 4.48. The van der Waals surface area contributed by atoms with E-state index in [9.17, 15) is 9.50 Å². The van der Waals surface area contributed by atoms with Gasteiger partial charge >= 0.3 is 0 Å². The molecule has 1 aromatic rings. The number of ether oxygens (including phenoxy) is 1. The molecule has 0 bridgehead atoms. The van der Waals surface area contributed by atoms with E-state index in [0.29, 0.717) is 18.8 Å². The third kappa shape index (κ3) is 3.59. The smallest absolute Gasteiger partial charge is 0.147 e. The average molecular weight is 308 g/mol. The number of nitrogens with zero attached hydrogens (tertiary/aromatic N) is 2. The van der Waals surface area contributed by atoms with Gasteiger partial charge in [0.25, 0.3) is 0 Å². The number of anilines is 1. The second-order valence-electron chi connectivity index (χ2n) is 6.37. The summed E-state index contributed by atoms with van der Waals surface area (Å²) in [6.07, 6.45) is 1.47. The van der Waals surface area contributed by atoms with Crippen molar-refractivity contribution in [2.45, 2.75) is 25.9 Å². The summed E-state index contributed by atoms with van der Waals surface area (Å²) in [5.41, 5.74) is 2.73. The van der Waals surface area contributed by atoms with Crippen LogP contribution in [-0.2, 0) is 11.2 Å². The Balaban J connectivity index is 1.66. The maximum Gasteiger partial charge on any atom is 0.147 e. The Hall–Kier alpha value is -1.17. The van der Waals surface area contributed by atoms with E-state index < -0.39 is 6.10 Å². The van der Waals surface area contributed by atoms with Gasteiger partial charge in [0, 0.05) is 32.7 Å². The van der Waals surface area contributed by atoms with Crippen molar-refractivity contribution >= 4 is 5.69 Å². The minimum Gasteiger partial charge on any atom is -0.390 e. The molecule has 3 rings (SSSR count). The highest BCUT2D eigenvalue weighted by atomic mass is 19.1. The fraction of sp³-hybridized carbons (Fsp3) is 0.647. The van der Waals surface area contributed by atoms with Gasteiger partial charge < -0.3 is 14.7 Å². The maximum atomic E-state index is 14.3. The molecule has 0 aromatic heterocycles. The zero-order valence-electron chi connectivity index (χ0n) is 13.2. The molecule has 2 heterocycles. The van der Waals surface area contributed by atoms with Crippen LogP contribution in [0.3, 0.4) is 0 Å². The lowest BCUT2D eigenvalue weighted by atomic mass is 9.98. The number of aliphatic hydroxyl groups excluding tert-OH is 1. The number of aliphatic hydroxyl groups is 1. The number of hydrogen-bond acceptors (Lipinski definition) is 4. The molecule has 0 aliphatic carbocycles. The van der Waals surface area contributed by atoms with Crippen molar-refractivity contribution in [1.29, 1.82) is 0 Å². The topological polar surface area (TPSA) is 35.9 Å². The molecule has 0 radical (unpaired) electrons. The van der Waals surface area contributed by atoms with Crippen molar-refractivity contribution in [1.82, 2.24) is 4.90 Å². The van der Waals surface area contributed by atoms with Crippen LogP contribution in [-0.4, -0.2) is 62.0 Å². The van der Waals surface area contributed by atoms with Crippen molar-refractivity contribution in [2.75, 3.05) is 50.8 Å². The quantitative estimate of drug-likeness (QED) is 0.916. The van der Waals surface area contributed by atoms with E-state index in [1.165, 1.54) is 0 Å². The molecule has 0 amide bonds. The van der Waals surface area contributed by atoms with Gasteiger partial charge in [-0.2, -0.15) is 0 Å². The molecule has 1 saturated heterocycles. The highest BCUT2D eigenvalue weighted by molar-refractivity contribution is 5.58. The number of halogens is 1. The Bertz CT molecular complexity index is 518. The minimum atomic E-state index is -0.468.